The molecule has 6 nitrogen and oxygen atoms in total. The van der Waals surface area contributed by atoms with Gasteiger partial charge in [0.15, 0.2) is 10.4 Å². The Hall–Kier alpha value is -2.53. The monoisotopic (exact) mass is 499 g/mol. The summed E-state index contributed by atoms with van der Waals surface area (Å²) in [6.45, 7) is 4.78. The van der Waals surface area contributed by atoms with Crippen LogP contribution in [0, 0.1) is 0 Å². The summed E-state index contributed by atoms with van der Waals surface area (Å²) in [5, 5.41) is 0. The standard InChI is InChI=1S/C22H17N3O3S4/c1-3-24-19(26)15(31-21(24)16-20(27)25(4-2)22(29)32-16)11-13-10-14-18(30-13)23-17(28-14)12-8-6-5-7-9-12/h5-11H,3-4H2,1-2H3/b15-11+,21-16+. The Bertz CT molecular complexity index is 1510. The molecular weight excluding hydrogens is 483 g/mol. The average Bonchev–Trinajstić information content (AvgIpc) is 3.50. The Labute approximate surface area is 200 Å². The number of fused-ring (bicyclic) bond motifs is 1. The molecule has 32 heavy (non-hydrogen) atoms. The first-order valence-electron chi connectivity index (χ1n) is 9.95. The summed E-state index contributed by atoms with van der Waals surface area (Å²) in [5.74, 6) is 0.443. The summed E-state index contributed by atoms with van der Waals surface area (Å²) < 4.78 is 9.30. The highest BCUT2D eigenvalue weighted by Gasteiger charge is 2.32. The Morgan fingerprint density at radius 3 is 2.56 bits per heavy atom. The first-order valence-corrected chi connectivity index (χ1v) is 12.8. The van der Waals surface area contributed by atoms with E-state index in [4.69, 9.17) is 16.6 Å². The smallest absolute Gasteiger partial charge is 0.269 e. The molecule has 10 heteroatoms. The molecule has 0 radical (unpaired) electrons. The number of thioether (sulfide) groups is 1. The quantitative estimate of drug-likeness (QED) is 0.400. The number of aromatic nitrogens is 2. The van der Waals surface area contributed by atoms with E-state index >= 15 is 0 Å². The summed E-state index contributed by atoms with van der Waals surface area (Å²) in [4.78, 5) is 34.1. The van der Waals surface area contributed by atoms with Crippen LogP contribution in [0.4, 0.5) is 0 Å². The number of thiophene rings is 1. The number of amides is 1. The molecule has 0 aliphatic carbocycles. The highest BCUT2D eigenvalue weighted by Crippen LogP contribution is 2.32. The molecule has 5 rings (SSSR count). The van der Waals surface area contributed by atoms with Gasteiger partial charge in [0.25, 0.3) is 11.5 Å². The molecule has 0 unspecified atom stereocenters. The highest BCUT2D eigenvalue weighted by molar-refractivity contribution is 8.30. The lowest BCUT2D eigenvalue weighted by Crippen LogP contribution is -2.33. The minimum atomic E-state index is -0.135. The zero-order chi connectivity index (χ0) is 22.4. The highest BCUT2D eigenvalue weighted by atomic mass is 32.2. The molecule has 0 atom stereocenters. The summed E-state index contributed by atoms with van der Waals surface area (Å²) in [5.41, 5.74) is 1.50. The molecule has 0 N–H and O–H groups in total. The van der Waals surface area contributed by atoms with Gasteiger partial charge in [-0.15, -0.1) is 22.7 Å². The lowest BCUT2D eigenvalue weighted by molar-refractivity contribution is -0.120. The first-order chi connectivity index (χ1) is 15.5. The van der Waals surface area contributed by atoms with Gasteiger partial charge < -0.3 is 4.42 Å². The number of carbonyl (C=O) groups excluding carboxylic acids is 1. The average molecular weight is 500 g/mol. The van der Waals surface area contributed by atoms with E-state index in [2.05, 4.69) is 4.98 Å². The van der Waals surface area contributed by atoms with Crippen molar-refractivity contribution < 1.29 is 9.21 Å². The van der Waals surface area contributed by atoms with Crippen molar-refractivity contribution in [2.24, 2.45) is 0 Å². The number of thiocarbonyl (C=S) groups is 1. The van der Waals surface area contributed by atoms with E-state index in [-0.39, 0.29) is 11.5 Å². The van der Waals surface area contributed by atoms with Crippen LogP contribution in [0.3, 0.4) is 0 Å². The number of rotatable bonds is 4. The molecule has 1 aliphatic rings. The van der Waals surface area contributed by atoms with E-state index in [9.17, 15) is 9.59 Å². The maximum absolute atomic E-state index is 13.0. The molecule has 1 fully saturated rings. The molecule has 1 saturated heterocycles. The van der Waals surface area contributed by atoms with Crippen LogP contribution >= 0.6 is 46.7 Å². The van der Waals surface area contributed by atoms with Gasteiger partial charge in [-0.05, 0) is 32.1 Å². The fourth-order valence-electron chi connectivity index (χ4n) is 3.43. The van der Waals surface area contributed by atoms with Crippen molar-refractivity contribution in [1.29, 1.82) is 0 Å². The number of oxazole rings is 1. The lowest BCUT2D eigenvalue weighted by atomic mass is 10.2. The SMILES string of the molecule is CCN1C(=O)/C(=c2\s/c(=C/c3cc4oc(-c5ccccc5)nc4s3)c(=O)n2CC)SC1=S. The third kappa shape index (κ3) is 3.57. The summed E-state index contributed by atoms with van der Waals surface area (Å²) >= 11 is 9.38. The van der Waals surface area contributed by atoms with Crippen LogP contribution in [0.5, 0.6) is 0 Å². The summed E-state index contributed by atoms with van der Waals surface area (Å²) in [6.07, 6.45) is 1.84. The van der Waals surface area contributed by atoms with Gasteiger partial charge >= 0.3 is 0 Å². The topological polar surface area (TPSA) is 68.3 Å². The zero-order valence-corrected chi connectivity index (χ0v) is 20.4. The summed E-state index contributed by atoms with van der Waals surface area (Å²) in [7, 11) is 0. The van der Waals surface area contributed by atoms with Crippen LogP contribution in [-0.4, -0.2) is 31.2 Å². The van der Waals surface area contributed by atoms with Crippen LogP contribution < -0.4 is 14.8 Å². The zero-order valence-electron chi connectivity index (χ0n) is 17.2. The molecule has 1 aliphatic heterocycles. The van der Waals surface area contributed by atoms with Gasteiger partial charge in [0.2, 0.25) is 5.89 Å². The largest absolute Gasteiger partial charge is 0.435 e. The molecule has 4 aromatic rings. The van der Waals surface area contributed by atoms with Gasteiger partial charge in [-0.1, -0.05) is 42.2 Å². The minimum absolute atomic E-state index is 0.114. The van der Waals surface area contributed by atoms with E-state index in [0.29, 0.717) is 43.0 Å². The van der Waals surface area contributed by atoms with E-state index in [1.807, 2.05) is 56.3 Å². The normalized spacial score (nSPS) is 16.7. The van der Waals surface area contributed by atoms with E-state index in [1.165, 1.54) is 34.4 Å². The molecule has 1 aromatic carbocycles. The van der Waals surface area contributed by atoms with E-state index in [0.717, 1.165) is 15.3 Å². The first kappa shape index (κ1) is 21.3. The maximum Gasteiger partial charge on any atom is 0.269 e. The number of carbonyl (C=O) groups is 1. The predicted molar refractivity (Wildman–Crippen MR) is 135 cm³/mol. The van der Waals surface area contributed by atoms with Crippen LogP contribution in [-0.2, 0) is 11.3 Å². The second kappa shape index (κ2) is 8.43. The summed E-state index contributed by atoms with van der Waals surface area (Å²) in [6, 6.07) is 11.6. The molecule has 0 bridgehead atoms. The van der Waals surface area contributed by atoms with Crippen molar-refractivity contribution in [2.45, 2.75) is 20.4 Å². The molecule has 0 spiro atoms. The second-order valence-corrected chi connectivity index (χ2v) is 10.7. The van der Waals surface area contributed by atoms with Gasteiger partial charge in [0, 0.05) is 29.6 Å². The minimum Gasteiger partial charge on any atom is -0.435 e. The van der Waals surface area contributed by atoms with Crippen LogP contribution in [0.25, 0.3) is 32.8 Å². The van der Waals surface area contributed by atoms with Crippen molar-refractivity contribution in [1.82, 2.24) is 14.5 Å². The maximum atomic E-state index is 13.0. The second-order valence-electron chi connectivity index (χ2n) is 6.91. The number of thiazole rings is 1. The van der Waals surface area contributed by atoms with Crippen molar-refractivity contribution in [3.8, 4) is 11.5 Å². The fraction of sp³-hybridized carbons (Fsp3) is 0.182. The molecule has 1 amide bonds. The molecule has 0 saturated carbocycles. The number of hydrogen-bond donors (Lipinski definition) is 0. The number of hydrogen-bond acceptors (Lipinski definition) is 8. The van der Waals surface area contributed by atoms with Gasteiger partial charge in [-0.3, -0.25) is 19.1 Å². The van der Waals surface area contributed by atoms with Crippen molar-refractivity contribution in [3.63, 3.8) is 0 Å². The Morgan fingerprint density at radius 2 is 1.91 bits per heavy atom. The van der Waals surface area contributed by atoms with Crippen LogP contribution in [0.15, 0.2) is 45.6 Å². The van der Waals surface area contributed by atoms with E-state index in [1.54, 1.807) is 9.47 Å². The third-order valence-corrected chi connectivity index (χ3v) is 8.64. The Morgan fingerprint density at radius 1 is 1.12 bits per heavy atom. The van der Waals surface area contributed by atoms with Crippen molar-refractivity contribution in [2.75, 3.05) is 6.54 Å². The predicted octanol–water partition coefficient (Wildman–Crippen LogP) is 3.62. The third-order valence-electron chi connectivity index (χ3n) is 4.99. The molecule has 4 heterocycles. The Balaban J connectivity index is 1.59. The Kier molecular flexibility index (Phi) is 5.62. The van der Waals surface area contributed by atoms with Gasteiger partial charge in [0.1, 0.15) is 13.9 Å². The molecular formula is C22H17N3O3S4. The fourth-order valence-corrected chi connectivity index (χ4v) is 7.10. The molecule has 3 aromatic heterocycles. The van der Waals surface area contributed by atoms with Gasteiger partial charge in [-0.25, -0.2) is 0 Å². The van der Waals surface area contributed by atoms with Crippen molar-refractivity contribution >= 4 is 78.3 Å². The van der Waals surface area contributed by atoms with Crippen molar-refractivity contribution in [3.05, 3.63) is 60.8 Å². The van der Waals surface area contributed by atoms with Crippen LogP contribution in [0.1, 0.15) is 18.7 Å². The van der Waals surface area contributed by atoms with Crippen LogP contribution in [0.2, 0.25) is 0 Å². The number of benzene rings is 1. The lowest BCUT2D eigenvalue weighted by Gasteiger charge is -2.09. The number of nitrogens with zero attached hydrogens (tertiary/aromatic N) is 3. The molecule has 162 valence electrons. The van der Waals surface area contributed by atoms with E-state index < -0.39 is 0 Å². The van der Waals surface area contributed by atoms with Gasteiger partial charge in [-0.2, -0.15) is 4.98 Å². The van der Waals surface area contributed by atoms with Gasteiger partial charge in [0.05, 0.1) is 4.53 Å².